The molecule has 2 aliphatic rings. The van der Waals surface area contributed by atoms with E-state index in [0.29, 0.717) is 33.4 Å². The first-order chi connectivity index (χ1) is 15.0. The Morgan fingerprint density at radius 1 is 1.25 bits per heavy atom. The summed E-state index contributed by atoms with van der Waals surface area (Å²) in [7, 11) is -2.04. The third-order valence-electron chi connectivity index (χ3n) is 6.67. The van der Waals surface area contributed by atoms with Crippen LogP contribution in [0.5, 0.6) is 0 Å². The molecule has 1 aromatic carbocycles. The molecule has 32 heavy (non-hydrogen) atoms. The molecule has 1 N–H and O–H groups in total. The van der Waals surface area contributed by atoms with E-state index in [0.717, 1.165) is 10.8 Å². The third kappa shape index (κ3) is 2.89. The molecule has 5 rings (SSSR count). The highest BCUT2D eigenvalue weighted by atomic mass is 28.3. The number of ether oxygens (including phenoxy) is 1. The number of aliphatic hydroxyl groups is 1. The van der Waals surface area contributed by atoms with Crippen LogP contribution in [0.2, 0.25) is 19.6 Å². The molecular weight excluding hydrogens is 427 g/mol. The molecule has 2 aliphatic heterocycles. The van der Waals surface area contributed by atoms with Crippen LogP contribution in [0.1, 0.15) is 36.5 Å². The lowest BCUT2D eigenvalue weighted by Gasteiger charge is -2.26. The highest BCUT2D eigenvalue weighted by Crippen LogP contribution is 2.39. The Morgan fingerprint density at radius 3 is 2.69 bits per heavy atom. The maximum Gasteiger partial charge on any atom is 0.309 e. The molecule has 1 atom stereocenters. The van der Waals surface area contributed by atoms with Gasteiger partial charge in [-0.3, -0.25) is 9.59 Å². The number of carbonyl (C=O) groups excluding carboxylic acids is 1. The second kappa shape index (κ2) is 6.83. The average molecular weight is 453 g/mol. The number of pyridine rings is 2. The predicted molar refractivity (Wildman–Crippen MR) is 122 cm³/mol. The molecule has 0 aliphatic carbocycles. The van der Waals surface area contributed by atoms with E-state index in [9.17, 15) is 19.1 Å². The first-order valence-electron chi connectivity index (χ1n) is 10.8. The lowest BCUT2D eigenvalue weighted by Crippen LogP contribution is -2.41. The summed E-state index contributed by atoms with van der Waals surface area (Å²) in [6.07, 6.45) is 0.0597. The highest BCUT2D eigenvalue weighted by Gasteiger charge is 2.40. The van der Waals surface area contributed by atoms with Gasteiger partial charge in [0.15, 0.2) is 0 Å². The smallest absolute Gasteiger partial charge is 0.309 e. The van der Waals surface area contributed by atoms with Crippen LogP contribution in [0.3, 0.4) is 0 Å². The van der Waals surface area contributed by atoms with Crippen LogP contribution in [0.25, 0.3) is 22.3 Å². The summed E-state index contributed by atoms with van der Waals surface area (Å²) in [6.45, 7) is 8.36. The Morgan fingerprint density at radius 2 is 2.00 bits per heavy atom. The van der Waals surface area contributed by atoms with Crippen molar-refractivity contribution in [2.75, 3.05) is 0 Å². The van der Waals surface area contributed by atoms with E-state index in [1.807, 2.05) is 0 Å². The molecule has 0 saturated carbocycles. The molecule has 0 radical (unpaired) electrons. The van der Waals surface area contributed by atoms with E-state index in [4.69, 9.17) is 9.72 Å². The van der Waals surface area contributed by atoms with Crippen molar-refractivity contribution in [2.24, 2.45) is 0 Å². The lowest BCUT2D eigenvalue weighted by atomic mass is 9.85. The standard InChI is InChI=1S/C24H25FN2O4Si/c1-5-24(30)10-19(28)31-12-14-15(24)9-18-21-13(11-27(18)23(14)29)22(32(2,3)4)20-16(25)7-6-8-17(20)26-21/h6-9,30H,5,10-12H2,1-4H3/t24-/m1/s1. The summed E-state index contributed by atoms with van der Waals surface area (Å²) in [4.78, 5) is 30.4. The number of aromatic nitrogens is 2. The van der Waals surface area contributed by atoms with Crippen molar-refractivity contribution >= 4 is 30.1 Å². The fraction of sp³-hybridized carbons (Fsp3) is 0.375. The molecule has 4 heterocycles. The Balaban J connectivity index is 1.87. The van der Waals surface area contributed by atoms with Gasteiger partial charge in [0.2, 0.25) is 0 Å². The maximum absolute atomic E-state index is 15.0. The van der Waals surface area contributed by atoms with Crippen LogP contribution in [0.4, 0.5) is 4.39 Å². The predicted octanol–water partition coefficient (Wildman–Crippen LogP) is 3.15. The van der Waals surface area contributed by atoms with E-state index in [-0.39, 0.29) is 37.4 Å². The molecular formula is C24H25FN2O4Si. The summed E-state index contributed by atoms with van der Waals surface area (Å²) in [6, 6.07) is 6.66. The molecule has 0 saturated heterocycles. The van der Waals surface area contributed by atoms with Gasteiger partial charge in [0, 0.05) is 5.39 Å². The summed E-state index contributed by atoms with van der Waals surface area (Å²) >= 11 is 0. The minimum absolute atomic E-state index is 0.170. The van der Waals surface area contributed by atoms with Gasteiger partial charge in [-0.2, -0.15) is 0 Å². The van der Waals surface area contributed by atoms with Gasteiger partial charge in [0.05, 0.1) is 43.5 Å². The van der Waals surface area contributed by atoms with Crippen LogP contribution in [0.15, 0.2) is 29.1 Å². The number of halogens is 1. The monoisotopic (exact) mass is 452 g/mol. The third-order valence-corrected chi connectivity index (χ3v) is 8.72. The van der Waals surface area contributed by atoms with Crippen molar-refractivity contribution in [1.29, 1.82) is 0 Å². The second-order valence-electron chi connectivity index (χ2n) is 9.73. The number of fused-ring (bicyclic) bond motifs is 5. The Labute approximate surface area is 185 Å². The summed E-state index contributed by atoms with van der Waals surface area (Å²) in [5.74, 6) is -0.835. The zero-order valence-electron chi connectivity index (χ0n) is 18.6. The van der Waals surface area contributed by atoms with Gasteiger partial charge in [-0.05, 0) is 40.9 Å². The number of hydrogen-bond donors (Lipinski definition) is 1. The van der Waals surface area contributed by atoms with Crippen LogP contribution in [-0.4, -0.2) is 28.7 Å². The molecule has 0 amide bonds. The molecule has 0 fully saturated rings. The molecule has 8 heteroatoms. The Kier molecular flexibility index (Phi) is 4.48. The van der Waals surface area contributed by atoms with Crippen LogP contribution in [0, 0.1) is 5.82 Å². The maximum atomic E-state index is 15.0. The van der Waals surface area contributed by atoms with E-state index < -0.39 is 19.6 Å². The zero-order valence-corrected chi connectivity index (χ0v) is 19.6. The van der Waals surface area contributed by atoms with Crippen molar-refractivity contribution in [3.8, 4) is 11.4 Å². The first-order valence-corrected chi connectivity index (χ1v) is 14.3. The molecule has 6 nitrogen and oxygen atoms in total. The summed E-state index contributed by atoms with van der Waals surface area (Å²) in [5.41, 5.74) is 1.60. The number of benzene rings is 1. The van der Waals surface area contributed by atoms with E-state index >= 15 is 0 Å². The number of rotatable bonds is 2. The van der Waals surface area contributed by atoms with Crippen LogP contribution < -0.4 is 10.7 Å². The normalized spacial score (nSPS) is 19.9. The highest BCUT2D eigenvalue weighted by molar-refractivity contribution is 6.90. The largest absolute Gasteiger partial charge is 0.460 e. The van der Waals surface area contributed by atoms with Gasteiger partial charge in [0.1, 0.15) is 18.0 Å². The number of carbonyl (C=O) groups is 1. The number of esters is 1. The molecule has 0 bridgehead atoms. The Bertz CT molecular complexity index is 1380. The topological polar surface area (TPSA) is 81.4 Å². The minimum Gasteiger partial charge on any atom is -0.460 e. The second-order valence-corrected chi connectivity index (χ2v) is 14.7. The van der Waals surface area contributed by atoms with E-state index in [1.165, 1.54) is 6.07 Å². The lowest BCUT2D eigenvalue weighted by molar-refractivity contribution is -0.149. The van der Waals surface area contributed by atoms with Crippen molar-refractivity contribution in [3.05, 3.63) is 57.1 Å². The van der Waals surface area contributed by atoms with Gasteiger partial charge in [-0.25, -0.2) is 9.37 Å². The van der Waals surface area contributed by atoms with Crippen LogP contribution >= 0.6 is 0 Å². The van der Waals surface area contributed by atoms with E-state index in [2.05, 4.69) is 19.6 Å². The Hall–Kier alpha value is -2.84. The first kappa shape index (κ1) is 21.0. The average Bonchev–Trinajstić information content (AvgIpc) is 3.02. The molecule has 0 spiro atoms. The minimum atomic E-state index is -2.04. The van der Waals surface area contributed by atoms with Crippen molar-refractivity contribution < 1.29 is 19.0 Å². The quantitative estimate of drug-likeness (QED) is 0.373. The van der Waals surface area contributed by atoms with Gasteiger partial charge in [0.25, 0.3) is 5.56 Å². The van der Waals surface area contributed by atoms with Gasteiger partial charge < -0.3 is 14.4 Å². The van der Waals surface area contributed by atoms with Crippen molar-refractivity contribution in [2.45, 2.75) is 58.2 Å². The molecule has 2 aromatic heterocycles. The van der Waals surface area contributed by atoms with Gasteiger partial charge in [-0.1, -0.05) is 32.6 Å². The molecule has 0 unspecified atom stereocenters. The fourth-order valence-corrected chi connectivity index (χ4v) is 7.21. The zero-order chi connectivity index (χ0) is 23.0. The van der Waals surface area contributed by atoms with Crippen molar-refractivity contribution in [3.63, 3.8) is 0 Å². The number of cyclic esters (lactones) is 1. The van der Waals surface area contributed by atoms with Crippen molar-refractivity contribution in [1.82, 2.24) is 9.55 Å². The molecule has 3 aromatic rings. The summed E-state index contributed by atoms with van der Waals surface area (Å²) in [5, 5.41) is 12.8. The van der Waals surface area contributed by atoms with E-state index in [1.54, 1.807) is 29.7 Å². The molecule has 166 valence electrons. The van der Waals surface area contributed by atoms with Gasteiger partial charge in [-0.15, -0.1) is 0 Å². The van der Waals surface area contributed by atoms with Crippen LogP contribution in [-0.2, 0) is 28.3 Å². The van der Waals surface area contributed by atoms with Gasteiger partial charge >= 0.3 is 5.97 Å². The fourth-order valence-electron chi connectivity index (χ4n) is 5.11. The summed E-state index contributed by atoms with van der Waals surface area (Å²) < 4.78 is 21.8. The SMILES string of the molecule is CC[C@@]1(O)CC(=O)OCc2c1cc1n(c2=O)Cc2c-1nc1cccc(F)c1c2[Si](C)(C)C. The number of hydrogen-bond acceptors (Lipinski definition) is 5. The number of nitrogens with zero attached hydrogens (tertiary/aromatic N) is 2.